The van der Waals surface area contributed by atoms with Crippen molar-refractivity contribution < 1.29 is 17.9 Å². The van der Waals surface area contributed by atoms with E-state index >= 15 is 0 Å². The molecule has 1 amide bonds. The van der Waals surface area contributed by atoms with E-state index in [-0.39, 0.29) is 11.4 Å². The van der Waals surface area contributed by atoms with Gasteiger partial charge in [0.25, 0.3) is 0 Å². The van der Waals surface area contributed by atoms with Crippen molar-refractivity contribution in [1.82, 2.24) is 4.72 Å². The van der Waals surface area contributed by atoms with Crippen LogP contribution < -0.4 is 9.62 Å². The Balaban J connectivity index is 1.62. The minimum absolute atomic E-state index is 0.0311. The predicted octanol–water partition coefficient (Wildman–Crippen LogP) is 3.11. The second-order valence-electron chi connectivity index (χ2n) is 6.53. The molecule has 2 aromatic rings. The minimum atomic E-state index is -3.65. The molecule has 1 saturated heterocycles. The van der Waals surface area contributed by atoms with Gasteiger partial charge in [-0.1, -0.05) is 44.2 Å². The van der Waals surface area contributed by atoms with Crippen LogP contribution in [0, 0.1) is 0 Å². The van der Waals surface area contributed by atoms with Gasteiger partial charge in [0.2, 0.25) is 10.0 Å². The van der Waals surface area contributed by atoms with Crippen LogP contribution in [-0.4, -0.2) is 33.7 Å². The summed E-state index contributed by atoms with van der Waals surface area (Å²) < 4.78 is 32.7. The summed E-state index contributed by atoms with van der Waals surface area (Å²) in [4.78, 5) is 13.7. The molecule has 1 heterocycles. The quantitative estimate of drug-likeness (QED) is 0.843. The first-order valence-electron chi connectivity index (χ1n) is 8.49. The van der Waals surface area contributed by atoms with E-state index in [4.69, 9.17) is 4.74 Å². The van der Waals surface area contributed by atoms with Crippen molar-refractivity contribution >= 4 is 21.8 Å². The van der Waals surface area contributed by atoms with E-state index in [1.165, 1.54) is 4.90 Å². The zero-order valence-electron chi connectivity index (χ0n) is 14.8. The van der Waals surface area contributed by atoms with Crippen molar-refractivity contribution in [2.75, 3.05) is 18.0 Å². The molecular weight excluding hydrogens is 352 g/mol. The molecule has 0 aliphatic carbocycles. The fourth-order valence-electron chi connectivity index (χ4n) is 2.76. The normalized spacial score (nSPS) is 17.6. The number of benzene rings is 2. The Hall–Kier alpha value is -2.38. The first kappa shape index (κ1) is 18.4. The monoisotopic (exact) mass is 374 g/mol. The third kappa shape index (κ3) is 4.05. The Kier molecular flexibility index (Phi) is 5.29. The lowest BCUT2D eigenvalue weighted by Crippen LogP contribution is -2.34. The van der Waals surface area contributed by atoms with Crippen LogP contribution in [0.3, 0.4) is 0 Å². The maximum absolute atomic E-state index is 12.4. The minimum Gasteiger partial charge on any atom is -0.443 e. The summed E-state index contributed by atoms with van der Waals surface area (Å²) in [5.41, 5.74) is 1.80. The number of carbonyl (C=O) groups excluding carboxylic acids is 1. The van der Waals surface area contributed by atoms with Gasteiger partial charge in [-0.2, -0.15) is 0 Å². The molecule has 0 aromatic heterocycles. The van der Waals surface area contributed by atoms with Crippen molar-refractivity contribution in [3.8, 4) is 0 Å². The lowest BCUT2D eigenvalue weighted by Gasteiger charge is -2.13. The van der Waals surface area contributed by atoms with Crippen molar-refractivity contribution in [2.24, 2.45) is 0 Å². The van der Waals surface area contributed by atoms with Crippen LogP contribution in [-0.2, 0) is 14.8 Å². The SMILES string of the molecule is CC(C)c1ccc(S(=O)(=O)NCC2CN(c3ccccc3)C(=O)O2)cc1. The summed E-state index contributed by atoms with van der Waals surface area (Å²) in [6.45, 7) is 4.43. The maximum atomic E-state index is 12.4. The largest absolute Gasteiger partial charge is 0.443 e. The molecule has 0 radical (unpaired) electrons. The number of anilines is 1. The summed E-state index contributed by atoms with van der Waals surface area (Å²) in [6, 6.07) is 16.0. The third-order valence-electron chi connectivity index (χ3n) is 4.30. The smallest absolute Gasteiger partial charge is 0.414 e. The fourth-order valence-corrected chi connectivity index (χ4v) is 3.83. The van der Waals surface area contributed by atoms with Gasteiger partial charge in [0.05, 0.1) is 11.4 Å². The van der Waals surface area contributed by atoms with Gasteiger partial charge >= 0.3 is 6.09 Å². The van der Waals surface area contributed by atoms with Crippen LogP contribution >= 0.6 is 0 Å². The van der Waals surface area contributed by atoms with Gasteiger partial charge in [-0.05, 0) is 35.7 Å². The number of rotatable bonds is 6. The highest BCUT2D eigenvalue weighted by molar-refractivity contribution is 7.89. The number of cyclic esters (lactones) is 1. The Morgan fingerprint density at radius 2 is 1.77 bits per heavy atom. The number of hydrogen-bond donors (Lipinski definition) is 1. The van der Waals surface area contributed by atoms with Crippen molar-refractivity contribution in [3.05, 3.63) is 60.2 Å². The molecule has 1 aliphatic heterocycles. The molecule has 6 nitrogen and oxygen atoms in total. The standard InChI is InChI=1S/C19H22N2O4S/c1-14(2)15-8-10-18(11-9-15)26(23,24)20-12-17-13-21(19(22)25-17)16-6-4-3-5-7-16/h3-11,14,17,20H,12-13H2,1-2H3. The van der Waals surface area contributed by atoms with Gasteiger partial charge in [0.15, 0.2) is 0 Å². The highest BCUT2D eigenvalue weighted by Crippen LogP contribution is 2.21. The lowest BCUT2D eigenvalue weighted by molar-refractivity contribution is 0.143. The number of para-hydroxylation sites is 1. The summed E-state index contributed by atoms with van der Waals surface area (Å²) in [5.74, 6) is 0.335. The molecule has 7 heteroatoms. The zero-order chi connectivity index (χ0) is 18.7. The number of sulfonamides is 1. The van der Waals surface area contributed by atoms with E-state index in [1.54, 1.807) is 12.1 Å². The van der Waals surface area contributed by atoms with E-state index in [2.05, 4.69) is 18.6 Å². The van der Waals surface area contributed by atoms with E-state index in [9.17, 15) is 13.2 Å². The molecule has 138 valence electrons. The predicted molar refractivity (Wildman–Crippen MR) is 99.8 cm³/mol. The molecule has 1 N–H and O–H groups in total. The molecule has 0 spiro atoms. The summed E-state index contributed by atoms with van der Waals surface area (Å²) in [7, 11) is -3.65. The van der Waals surface area contributed by atoms with Crippen LogP contribution in [0.1, 0.15) is 25.3 Å². The Morgan fingerprint density at radius 3 is 2.38 bits per heavy atom. The van der Waals surface area contributed by atoms with Crippen LogP contribution in [0.5, 0.6) is 0 Å². The van der Waals surface area contributed by atoms with Gasteiger partial charge in [0.1, 0.15) is 6.10 Å². The number of carbonyl (C=O) groups is 1. The number of nitrogens with zero attached hydrogens (tertiary/aromatic N) is 1. The van der Waals surface area contributed by atoms with Crippen molar-refractivity contribution in [2.45, 2.75) is 30.8 Å². The molecule has 3 rings (SSSR count). The van der Waals surface area contributed by atoms with Crippen molar-refractivity contribution in [3.63, 3.8) is 0 Å². The molecule has 1 fully saturated rings. The highest BCUT2D eigenvalue weighted by atomic mass is 32.2. The van der Waals surface area contributed by atoms with E-state index in [0.29, 0.717) is 12.5 Å². The molecule has 0 saturated carbocycles. The highest BCUT2D eigenvalue weighted by Gasteiger charge is 2.33. The van der Waals surface area contributed by atoms with Gasteiger partial charge < -0.3 is 4.74 Å². The molecular formula is C19H22N2O4S. The molecule has 1 unspecified atom stereocenters. The number of nitrogens with one attached hydrogen (secondary N) is 1. The van der Waals surface area contributed by atoms with E-state index in [0.717, 1.165) is 11.3 Å². The molecule has 1 aliphatic rings. The molecule has 0 bridgehead atoms. The van der Waals surface area contributed by atoms with Crippen molar-refractivity contribution in [1.29, 1.82) is 0 Å². The first-order chi connectivity index (χ1) is 12.4. The number of amides is 1. The third-order valence-corrected chi connectivity index (χ3v) is 5.74. The first-order valence-corrected chi connectivity index (χ1v) is 9.98. The Morgan fingerprint density at radius 1 is 1.12 bits per heavy atom. The fraction of sp³-hybridized carbons (Fsp3) is 0.316. The topological polar surface area (TPSA) is 75.7 Å². The maximum Gasteiger partial charge on any atom is 0.414 e. The van der Waals surface area contributed by atoms with Crippen LogP contribution in [0.15, 0.2) is 59.5 Å². The molecule has 2 aromatic carbocycles. The van der Waals surface area contributed by atoms with E-state index in [1.807, 2.05) is 42.5 Å². The van der Waals surface area contributed by atoms with Gasteiger partial charge in [-0.25, -0.2) is 17.9 Å². The van der Waals surface area contributed by atoms with Gasteiger partial charge in [-0.15, -0.1) is 0 Å². The Bertz CT molecular complexity index is 864. The lowest BCUT2D eigenvalue weighted by atomic mass is 10.0. The van der Waals surface area contributed by atoms with Crippen LogP contribution in [0.4, 0.5) is 10.5 Å². The van der Waals surface area contributed by atoms with Gasteiger partial charge in [-0.3, -0.25) is 4.90 Å². The average molecular weight is 374 g/mol. The van der Waals surface area contributed by atoms with E-state index < -0.39 is 22.2 Å². The average Bonchev–Trinajstić information content (AvgIpc) is 3.02. The summed E-state index contributed by atoms with van der Waals surface area (Å²) in [5, 5.41) is 0. The number of hydrogen-bond acceptors (Lipinski definition) is 4. The molecule has 26 heavy (non-hydrogen) atoms. The summed E-state index contributed by atoms with van der Waals surface area (Å²) >= 11 is 0. The second-order valence-corrected chi connectivity index (χ2v) is 8.29. The zero-order valence-corrected chi connectivity index (χ0v) is 15.6. The summed E-state index contributed by atoms with van der Waals surface area (Å²) in [6.07, 6.45) is -1.01. The van der Waals surface area contributed by atoms with Gasteiger partial charge in [0, 0.05) is 12.2 Å². The Labute approximate surface area is 153 Å². The molecule has 1 atom stereocenters. The number of ether oxygens (including phenoxy) is 1. The van der Waals surface area contributed by atoms with Crippen LogP contribution in [0.2, 0.25) is 0 Å². The second kappa shape index (κ2) is 7.47. The van der Waals surface area contributed by atoms with Crippen LogP contribution in [0.25, 0.3) is 0 Å².